The van der Waals surface area contributed by atoms with E-state index in [1.165, 1.54) is 5.56 Å². The van der Waals surface area contributed by atoms with Crippen LogP contribution in [0.15, 0.2) is 41.3 Å². The van der Waals surface area contributed by atoms with Gasteiger partial charge in [-0.2, -0.15) is 4.98 Å². The molecule has 6 nitrogen and oxygen atoms in total. The van der Waals surface area contributed by atoms with Crippen LogP contribution in [0, 0.1) is 13.8 Å². The second kappa shape index (κ2) is 5.01. The Morgan fingerprint density at radius 2 is 1.91 bits per heavy atom. The predicted molar refractivity (Wildman–Crippen MR) is 86.7 cm³/mol. The Morgan fingerprint density at radius 1 is 1.09 bits per heavy atom. The molecule has 114 valence electrons. The molecule has 0 aliphatic rings. The van der Waals surface area contributed by atoms with E-state index in [-0.39, 0.29) is 0 Å². The first-order chi connectivity index (χ1) is 11.1. The van der Waals surface area contributed by atoms with Crippen LogP contribution in [-0.4, -0.2) is 24.7 Å². The number of nitrogens with zero attached hydrogens (tertiary/aromatic N) is 5. The molecule has 6 heteroatoms. The normalized spacial score (nSPS) is 11.3. The highest BCUT2D eigenvalue weighted by atomic mass is 16.5. The molecule has 0 aromatic carbocycles. The van der Waals surface area contributed by atoms with Crippen molar-refractivity contribution < 1.29 is 4.52 Å². The van der Waals surface area contributed by atoms with E-state index in [0.717, 1.165) is 27.9 Å². The van der Waals surface area contributed by atoms with Gasteiger partial charge in [0.25, 0.3) is 0 Å². The van der Waals surface area contributed by atoms with Crippen molar-refractivity contribution in [1.82, 2.24) is 24.7 Å². The summed E-state index contributed by atoms with van der Waals surface area (Å²) in [6.07, 6.45) is 5.73. The van der Waals surface area contributed by atoms with E-state index in [1.807, 2.05) is 25.4 Å². The molecule has 0 atom stereocenters. The molecule has 0 aliphatic heterocycles. The van der Waals surface area contributed by atoms with Crippen LogP contribution in [0.2, 0.25) is 0 Å². The highest BCUT2D eigenvalue weighted by Crippen LogP contribution is 2.26. The fraction of sp³-hybridized carbons (Fsp3) is 0.176. The standard InChI is InChI=1S/C17H15N5O/c1-10-9-22(3)16-7-15(19-8-13(10)16)14-6-12(4-5-18-14)17-20-11(2)23-21-17/h4-9H,1-3H3. The SMILES string of the molecule is Cc1nc(-c2ccnc(-c3cc4c(cn3)c(C)cn4C)c2)no1. The van der Waals surface area contributed by atoms with Gasteiger partial charge in [-0.1, -0.05) is 5.16 Å². The molecule has 4 heterocycles. The maximum atomic E-state index is 5.04. The molecule has 0 saturated carbocycles. The van der Waals surface area contributed by atoms with E-state index in [2.05, 4.69) is 43.9 Å². The van der Waals surface area contributed by atoms with Gasteiger partial charge in [-0.3, -0.25) is 9.97 Å². The highest BCUT2D eigenvalue weighted by Gasteiger charge is 2.11. The van der Waals surface area contributed by atoms with Gasteiger partial charge >= 0.3 is 0 Å². The lowest BCUT2D eigenvalue weighted by Gasteiger charge is -2.03. The van der Waals surface area contributed by atoms with Gasteiger partial charge in [0.15, 0.2) is 0 Å². The second-order valence-corrected chi connectivity index (χ2v) is 5.58. The Labute approximate surface area is 132 Å². The van der Waals surface area contributed by atoms with Crippen molar-refractivity contribution in [2.45, 2.75) is 13.8 Å². The Morgan fingerprint density at radius 3 is 2.70 bits per heavy atom. The first-order valence-electron chi connectivity index (χ1n) is 7.30. The minimum absolute atomic E-state index is 0.539. The van der Waals surface area contributed by atoms with Crippen molar-refractivity contribution in [2.24, 2.45) is 7.05 Å². The zero-order valence-corrected chi connectivity index (χ0v) is 13.1. The molecular formula is C17H15N5O. The number of pyridine rings is 2. The maximum Gasteiger partial charge on any atom is 0.223 e. The van der Waals surface area contributed by atoms with Gasteiger partial charge in [0, 0.05) is 43.5 Å². The molecule has 0 radical (unpaired) electrons. The fourth-order valence-electron chi connectivity index (χ4n) is 2.74. The first kappa shape index (κ1) is 13.6. The molecule has 0 fully saturated rings. The summed E-state index contributed by atoms with van der Waals surface area (Å²) >= 11 is 0. The van der Waals surface area contributed by atoms with Crippen molar-refractivity contribution in [3.05, 3.63) is 48.2 Å². The minimum atomic E-state index is 0.539. The van der Waals surface area contributed by atoms with Crippen LogP contribution in [0.25, 0.3) is 33.7 Å². The van der Waals surface area contributed by atoms with Crippen LogP contribution in [0.3, 0.4) is 0 Å². The number of aryl methyl sites for hydroxylation is 3. The monoisotopic (exact) mass is 305 g/mol. The third-order valence-corrected chi connectivity index (χ3v) is 3.88. The average molecular weight is 305 g/mol. The Hall–Kier alpha value is -3.02. The predicted octanol–water partition coefficient (Wildman–Crippen LogP) is 3.30. The van der Waals surface area contributed by atoms with E-state index < -0.39 is 0 Å². The van der Waals surface area contributed by atoms with Crippen LogP contribution in [0.1, 0.15) is 11.5 Å². The van der Waals surface area contributed by atoms with Gasteiger partial charge in [-0.05, 0) is 30.7 Å². The maximum absolute atomic E-state index is 5.04. The molecule has 0 spiro atoms. The van der Waals surface area contributed by atoms with Crippen molar-refractivity contribution in [3.8, 4) is 22.8 Å². The molecule has 0 aliphatic carbocycles. The topological polar surface area (TPSA) is 69.6 Å². The molecular weight excluding hydrogens is 290 g/mol. The lowest BCUT2D eigenvalue weighted by molar-refractivity contribution is 0.394. The van der Waals surface area contributed by atoms with Crippen LogP contribution >= 0.6 is 0 Å². The van der Waals surface area contributed by atoms with Crippen molar-refractivity contribution >= 4 is 10.9 Å². The molecule has 0 amide bonds. The summed E-state index contributed by atoms with van der Waals surface area (Å²) in [6, 6.07) is 5.84. The van der Waals surface area contributed by atoms with Gasteiger partial charge in [-0.15, -0.1) is 0 Å². The smallest absolute Gasteiger partial charge is 0.223 e. The first-order valence-corrected chi connectivity index (χ1v) is 7.30. The van der Waals surface area contributed by atoms with Crippen LogP contribution in [0.4, 0.5) is 0 Å². The van der Waals surface area contributed by atoms with Gasteiger partial charge in [0.1, 0.15) is 0 Å². The largest absolute Gasteiger partial charge is 0.350 e. The van der Waals surface area contributed by atoms with E-state index >= 15 is 0 Å². The molecule has 4 aromatic heterocycles. The Bertz CT molecular complexity index is 1010. The number of fused-ring (bicyclic) bond motifs is 1. The summed E-state index contributed by atoms with van der Waals surface area (Å²) in [5.74, 6) is 1.10. The number of aromatic nitrogens is 5. The summed E-state index contributed by atoms with van der Waals surface area (Å²) < 4.78 is 7.14. The zero-order valence-electron chi connectivity index (χ0n) is 13.1. The van der Waals surface area contributed by atoms with Gasteiger partial charge in [0.05, 0.1) is 16.9 Å². The third kappa shape index (κ3) is 2.28. The van der Waals surface area contributed by atoms with Gasteiger partial charge in [0.2, 0.25) is 11.7 Å². The summed E-state index contributed by atoms with van der Waals surface area (Å²) in [5, 5.41) is 5.10. The summed E-state index contributed by atoms with van der Waals surface area (Å²) in [4.78, 5) is 13.2. The van der Waals surface area contributed by atoms with E-state index in [1.54, 1.807) is 13.1 Å². The molecule has 4 aromatic rings. The second-order valence-electron chi connectivity index (χ2n) is 5.58. The van der Waals surface area contributed by atoms with Crippen molar-refractivity contribution in [3.63, 3.8) is 0 Å². The highest BCUT2D eigenvalue weighted by molar-refractivity contribution is 5.85. The number of hydrogen-bond acceptors (Lipinski definition) is 5. The quantitative estimate of drug-likeness (QED) is 0.568. The van der Waals surface area contributed by atoms with Crippen LogP contribution in [-0.2, 0) is 7.05 Å². The lowest BCUT2D eigenvalue weighted by Crippen LogP contribution is -1.91. The van der Waals surface area contributed by atoms with Gasteiger partial charge in [-0.25, -0.2) is 0 Å². The summed E-state index contributed by atoms with van der Waals surface area (Å²) in [5.41, 5.74) is 4.81. The van der Waals surface area contributed by atoms with E-state index in [0.29, 0.717) is 11.7 Å². The molecule has 4 rings (SSSR count). The van der Waals surface area contributed by atoms with Crippen molar-refractivity contribution in [2.75, 3.05) is 0 Å². The van der Waals surface area contributed by atoms with Crippen LogP contribution in [0.5, 0.6) is 0 Å². The minimum Gasteiger partial charge on any atom is -0.350 e. The summed E-state index contributed by atoms with van der Waals surface area (Å²) in [6.45, 7) is 3.85. The summed E-state index contributed by atoms with van der Waals surface area (Å²) in [7, 11) is 2.03. The van der Waals surface area contributed by atoms with Gasteiger partial charge < -0.3 is 9.09 Å². The molecule has 0 saturated heterocycles. The number of rotatable bonds is 2. The van der Waals surface area contributed by atoms with E-state index in [4.69, 9.17) is 4.52 Å². The Balaban J connectivity index is 1.83. The molecule has 0 unspecified atom stereocenters. The molecule has 0 bridgehead atoms. The third-order valence-electron chi connectivity index (χ3n) is 3.88. The Kier molecular flexibility index (Phi) is 2.97. The number of hydrogen-bond donors (Lipinski definition) is 0. The zero-order chi connectivity index (χ0) is 16.0. The lowest BCUT2D eigenvalue weighted by atomic mass is 10.1. The van der Waals surface area contributed by atoms with Crippen LogP contribution < -0.4 is 0 Å². The average Bonchev–Trinajstić information content (AvgIpc) is 3.12. The molecule has 23 heavy (non-hydrogen) atoms. The van der Waals surface area contributed by atoms with E-state index in [9.17, 15) is 0 Å². The van der Waals surface area contributed by atoms with Crippen molar-refractivity contribution in [1.29, 1.82) is 0 Å². The fourth-order valence-corrected chi connectivity index (χ4v) is 2.74. The molecule has 0 N–H and O–H groups in total.